The van der Waals surface area contributed by atoms with Crippen molar-refractivity contribution < 1.29 is 28.3 Å². The SMILES string of the molecule is CC(C)OC(=O)[C@H](C)N[P@](=O)(OC[C@H]1S[C@@H](n2cnc(N)nc2=O)CC1O)Oc1ccccc1. The quantitative estimate of drug-likeness (QED) is 0.311. The summed E-state index contributed by atoms with van der Waals surface area (Å²) in [5, 5.41) is 12.1. The Labute approximate surface area is 200 Å². The molecule has 1 fully saturated rings. The van der Waals surface area contributed by atoms with Crippen molar-refractivity contribution in [2.75, 3.05) is 12.3 Å². The molecule has 0 aliphatic carbocycles. The molecule has 2 aromatic rings. The summed E-state index contributed by atoms with van der Waals surface area (Å²) in [5.41, 5.74) is 4.84. The molecular formula is C20H28N5O7PS. The number of benzene rings is 1. The number of carbonyl (C=O) groups is 1. The zero-order valence-corrected chi connectivity index (χ0v) is 20.6. The number of aliphatic hydroxyl groups is 1. The summed E-state index contributed by atoms with van der Waals surface area (Å²) in [4.78, 5) is 31.8. The standard InChI is InChI=1S/C20H28N5O7PS/c1-12(2)31-18(27)13(3)24-33(29,32-14-7-5-4-6-8-14)30-10-16-15(26)9-17(34-16)25-11-22-19(21)23-20(25)28/h4-8,11-13,15-17,26H,9-10H2,1-3H3,(H,24,29)(H2,21,23,28)/t13-,15?,16+,17+,33-/m0/s1. The molecule has 34 heavy (non-hydrogen) atoms. The van der Waals surface area contributed by atoms with Gasteiger partial charge in [0.05, 0.1) is 29.4 Å². The topological polar surface area (TPSA) is 168 Å². The number of hydrogen-bond donors (Lipinski definition) is 3. The van der Waals surface area contributed by atoms with Gasteiger partial charge < -0.3 is 20.1 Å². The number of hydrogen-bond acceptors (Lipinski definition) is 11. The van der Waals surface area contributed by atoms with Crippen LogP contribution in [0.5, 0.6) is 5.75 Å². The Kier molecular flexibility index (Phi) is 8.72. The summed E-state index contributed by atoms with van der Waals surface area (Å²) in [6.07, 6.45) is 0.272. The molecule has 1 saturated heterocycles. The van der Waals surface area contributed by atoms with E-state index in [0.717, 1.165) is 0 Å². The number of nitrogens with zero attached hydrogens (tertiary/aromatic N) is 3. The Morgan fingerprint density at radius 1 is 1.35 bits per heavy atom. The minimum absolute atomic E-state index is 0.139. The van der Waals surface area contributed by atoms with Gasteiger partial charge in [-0.2, -0.15) is 10.1 Å². The number of rotatable bonds is 10. The first kappa shape index (κ1) is 26.2. The molecule has 0 bridgehead atoms. The number of esters is 1. The number of carbonyl (C=O) groups excluding carboxylic acids is 1. The largest absolute Gasteiger partial charge is 0.462 e. The maximum atomic E-state index is 13.5. The molecule has 186 valence electrons. The van der Waals surface area contributed by atoms with Gasteiger partial charge >= 0.3 is 19.4 Å². The van der Waals surface area contributed by atoms with Gasteiger partial charge in [0.15, 0.2) is 0 Å². The van der Waals surface area contributed by atoms with Gasteiger partial charge in [-0.3, -0.25) is 13.9 Å². The summed E-state index contributed by atoms with van der Waals surface area (Å²) < 4.78 is 31.2. The smallest absolute Gasteiger partial charge is 0.459 e. The molecule has 12 nitrogen and oxygen atoms in total. The van der Waals surface area contributed by atoms with E-state index in [1.807, 2.05) is 0 Å². The van der Waals surface area contributed by atoms with Gasteiger partial charge in [0.25, 0.3) is 0 Å². The number of ether oxygens (including phenoxy) is 1. The van der Waals surface area contributed by atoms with Crippen LogP contribution < -0.4 is 21.0 Å². The molecule has 0 radical (unpaired) electrons. The fourth-order valence-electron chi connectivity index (χ4n) is 3.09. The van der Waals surface area contributed by atoms with Crippen LogP contribution in [0.15, 0.2) is 41.5 Å². The number of nitrogens with two attached hydrogens (primary N) is 1. The summed E-state index contributed by atoms with van der Waals surface area (Å²) in [7, 11) is -4.07. The molecule has 3 rings (SSSR count). The maximum absolute atomic E-state index is 13.5. The number of thioether (sulfide) groups is 1. The first-order chi connectivity index (χ1) is 16.1. The van der Waals surface area contributed by atoms with Crippen LogP contribution in [0.1, 0.15) is 32.6 Å². The van der Waals surface area contributed by atoms with Crippen molar-refractivity contribution in [3.05, 3.63) is 47.1 Å². The monoisotopic (exact) mass is 513 g/mol. The van der Waals surface area contributed by atoms with Crippen molar-refractivity contribution in [2.45, 2.75) is 56.1 Å². The molecule has 1 aliphatic heterocycles. The number of nitrogens with one attached hydrogen (secondary N) is 1. The zero-order valence-electron chi connectivity index (χ0n) is 18.9. The third-order valence-corrected chi connectivity index (χ3v) is 7.87. The third kappa shape index (κ3) is 7.03. The van der Waals surface area contributed by atoms with Gasteiger partial charge in [0.1, 0.15) is 18.1 Å². The van der Waals surface area contributed by atoms with Gasteiger partial charge in [0, 0.05) is 6.42 Å². The number of aromatic nitrogens is 3. The normalized spacial score (nSPS) is 22.8. The highest BCUT2D eigenvalue weighted by atomic mass is 32.2. The van der Waals surface area contributed by atoms with Crippen LogP contribution in [0.2, 0.25) is 0 Å². The molecule has 2 heterocycles. The number of nitrogen functional groups attached to an aromatic ring is 1. The second-order valence-electron chi connectivity index (χ2n) is 7.87. The Morgan fingerprint density at radius 3 is 2.71 bits per heavy atom. The summed E-state index contributed by atoms with van der Waals surface area (Å²) >= 11 is 1.24. The summed E-state index contributed by atoms with van der Waals surface area (Å²) in [6, 6.07) is 7.36. The zero-order chi connectivity index (χ0) is 24.9. The fraction of sp³-hybridized carbons (Fsp3) is 0.500. The Balaban J connectivity index is 1.71. The highest BCUT2D eigenvalue weighted by molar-refractivity contribution is 8.00. The Hall–Kier alpha value is -2.44. The number of aliphatic hydroxyl groups excluding tert-OH is 1. The molecule has 1 unspecified atom stereocenters. The lowest BCUT2D eigenvalue weighted by Gasteiger charge is -2.25. The lowest BCUT2D eigenvalue weighted by Crippen LogP contribution is -2.37. The average molecular weight is 514 g/mol. The lowest BCUT2D eigenvalue weighted by molar-refractivity contribution is -0.149. The first-order valence-corrected chi connectivity index (χ1v) is 13.1. The highest BCUT2D eigenvalue weighted by Gasteiger charge is 2.39. The predicted molar refractivity (Wildman–Crippen MR) is 126 cm³/mol. The van der Waals surface area contributed by atoms with Gasteiger partial charge in [-0.05, 0) is 32.9 Å². The minimum Gasteiger partial charge on any atom is -0.462 e. The average Bonchev–Trinajstić information content (AvgIpc) is 3.12. The fourth-order valence-corrected chi connectivity index (χ4v) is 6.14. The molecule has 0 spiro atoms. The molecule has 0 saturated carbocycles. The number of anilines is 1. The second-order valence-corrected chi connectivity index (χ2v) is 11.0. The van der Waals surface area contributed by atoms with E-state index in [1.165, 1.54) is 29.6 Å². The van der Waals surface area contributed by atoms with Gasteiger partial charge in [-0.1, -0.05) is 18.2 Å². The van der Waals surface area contributed by atoms with E-state index in [9.17, 15) is 19.3 Å². The highest BCUT2D eigenvalue weighted by Crippen LogP contribution is 2.48. The third-order valence-electron chi connectivity index (χ3n) is 4.69. The number of para-hydroxylation sites is 1. The van der Waals surface area contributed by atoms with Crippen LogP contribution in [-0.2, 0) is 18.6 Å². The lowest BCUT2D eigenvalue weighted by atomic mass is 10.2. The summed E-state index contributed by atoms with van der Waals surface area (Å²) in [5.74, 6) is -0.487. The van der Waals surface area contributed by atoms with Crippen LogP contribution in [0.25, 0.3) is 0 Å². The van der Waals surface area contributed by atoms with Crippen LogP contribution >= 0.6 is 19.5 Å². The van der Waals surface area contributed by atoms with Crippen molar-refractivity contribution in [3.8, 4) is 5.75 Å². The molecule has 14 heteroatoms. The molecule has 5 atom stereocenters. The van der Waals surface area contributed by atoms with E-state index in [0.29, 0.717) is 0 Å². The first-order valence-electron chi connectivity index (χ1n) is 10.6. The van der Waals surface area contributed by atoms with Gasteiger partial charge in [-0.15, -0.1) is 11.8 Å². The van der Waals surface area contributed by atoms with Crippen molar-refractivity contribution >= 4 is 31.4 Å². The molecule has 1 aliphatic rings. The van der Waals surface area contributed by atoms with Crippen LogP contribution in [0.3, 0.4) is 0 Å². The predicted octanol–water partition coefficient (Wildman–Crippen LogP) is 1.72. The van der Waals surface area contributed by atoms with Crippen molar-refractivity contribution in [1.82, 2.24) is 19.6 Å². The van der Waals surface area contributed by atoms with E-state index in [4.69, 9.17) is 19.5 Å². The van der Waals surface area contributed by atoms with E-state index in [-0.39, 0.29) is 30.8 Å². The Morgan fingerprint density at radius 2 is 2.06 bits per heavy atom. The van der Waals surface area contributed by atoms with Crippen molar-refractivity contribution in [1.29, 1.82) is 0 Å². The van der Waals surface area contributed by atoms with E-state index in [1.54, 1.807) is 44.2 Å². The molecule has 1 aromatic heterocycles. The van der Waals surface area contributed by atoms with Crippen LogP contribution in [0.4, 0.5) is 5.95 Å². The Bertz CT molecular complexity index is 1090. The van der Waals surface area contributed by atoms with Crippen molar-refractivity contribution in [3.63, 3.8) is 0 Å². The molecular weight excluding hydrogens is 485 g/mol. The van der Waals surface area contributed by atoms with E-state index >= 15 is 0 Å². The van der Waals surface area contributed by atoms with Gasteiger partial charge in [-0.25, -0.2) is 14.3 Å². The van der Waals surface area contributed by atoms with E-state index in [2.05, 4.69) is 15.1 Å². The molecule has 0 amide bonds. The summed E-state index contributed by atoms with van der Waals surface area (Å²) in [6.45, 7) is 4.70. The second kappa shape index (κ2) is 11.3. The maximum Gasteiger partial charge on any atom is 0.459 e. The van der Waals surface area contributed by atoms with E-state index < -0.39 is 42.2 Å². The molecule has 4 N–H and O–H groups in total. The van der Waals surface area contributed by atoms with Gasteiger partial charge in [0.2, 0.25) is 5.95 Å². The van der Waals surface area contributed by atoms with Crippen molar-refractivity contribution in [2.24, 2.45) is 0 Å². The van der Waals surface area contributed by atoms with Crippen LogP contribution in [-0.4, -0.2) is 55.7 Å². The molecule has 1 aromatic carbocycles. The van der Waals surface area contributed by atoms with Crippen LogP contribution in [0, 0.1) is 0 Å². The minimum atomic E-state index is -4.07.